The number of carboxylic acids is 1. The average molecular weight is 822 g/mol. The normalized spacial score (nSPS) is 43.1. The number of methoxy groups -OCH3 is 1. The number of hydrogen-bond donors (Lipinski definition) is 4. The molecule has 3 unspecified atom stereocenters. The van der Waals surface area contributed by atoms with Crippen molar-refractivity contribution >= 4 is 17.7 Å². The second kappa shape index (κ2) is 18.6. The highest BCUT2D eigenvalue weighted by Gasteiger charge is 2.63. The summed E-state index contributed by atoms with van der Waals surface area (Å²) < 4.78 is 39.4. The number of aliphatic hydroxyl groups is 2. The summed E-state index contributed by atoms with van der Waals surface area (Å²) in [5.41, 5.74) is -1.70. The van der Waals surface area contributed by atoms with Gasteiger partial charge < -0.3 is 49.1 Å². The van der Waals surface area contributed by atoms with Gasteiger partial charge in [-0.2, -0.15) is 0 Å². The molecule has 1 amide bonds. The average Bonchev–Trinajstić information content (AvgIpc) is 3.52. The molecule has 0 aliphatic carbocycles. The van der Waals surface area contributed by atoms with E-state index in [9.17, 15) is 29.7 Å². The third-order valence-corrected chi connectivity index (χ3v) is 15.1. The van der Waals surface area contributed by atoms with Crippen LogP contribution < -0.4 is 5.32 Å². The van der Waals surface area contributed by atoms with Crippen molar-refractivity contribution in [3.8, 4) is 0 Å². The summed E-state index contributed by atoms with van der Waals surface area (Å²) in [6.07, 6.45) is 6.51. The third kappa shape index (κ3) is 9.13. The van der Waals surface area contributed by atoms with Crippen molar-refractivity contribution in [2.45, 2.75) is 199 Å². The largest absolute Gasteiger partial charge is 0.481 e. The second-order valence-electron chi connectivity index (χ2n) is 18.9. The number of carboxylic acid groups (broad SMARTS) is 1. The molecule has 5 heterocycles. The molecule has 4 fully saturated rings. The fourth-order valence-electron chi connectivity index (χ4n) is 11.0. The van der Waals surface area contributed by atoms with Gasteiger partial charge in [-0.15, -0.1) is 0 Å². The van der Waals surface area contributed by atoms with Gasteiger partial charge in [-0.25, -0.2) is 0 Å². The molecule has 18 atom stereocenters. The summed E-state index contributed by atoms with van der Waals surface area (Å²) in [6.45, 7) is 19.5. The number of carbonyl (C=O) groups is 3. The highest BCUT2D eigenvalue weighted by atomic mass is 16.8. The maximum Gasteiger partial charge on any atom is 0.309 e. The number of aliphatic hydroxyl groups excluding tert-OH is 1. The van der Waals surface area contributed by atoms with Crippen molar-refractivity contribution in [2.24, 2.45) is 41.4 Å². The summed E-state index contributed by atoms with van der Waals surface area (Å²) in [5.74, 6) is -6.28. The fourth-order valence-corrected chi connectivity index (χ4v) is 11.0. The molecule has 5 aliphatic rings. The molecular weight excluding hydrogens is 746 g/mol. The molecule has 2 spiro atoms. The molecule has 58 heavy (non-hydrogen) atoms. The lowest BCUT2D eigenvalue weighted by Gasteiger charge is -2.55. The molecule has 0 aromatic heterocycles. The van der Waals surface area contributed by atoms with Gasteiger partial charge in [-0.05, 0) is 89.5 Å². The van der Waals surface area contributed by atoms with Crippen molar-refractivity contribution in [2.75, 3.05) is 13.7 Å². The maximum atomic E-state index is 14.6. The van der Waals surface area contributed by atoms with Gasteiger partial charge in [0.15, 0.2) is 11.6 Å². The molecular formula is C45H75NO12. The molecule has 0 bridgehead atoms. The number of Topliss-reactive ketones (excluding diaryl/α,β-unsaturated/α-hetero) is 1. The van der Waals surface area contributed by atoms with E-state index in [0.717, 1.165) is 6.42 Å². The molecule has 5 aliphatic heterocycles. The van der Waals surface area contributed by atoms with E-state index in [1.54, 1.807) is 6.92 Å². The van der Waals surface area contributed by atoms with Crippen LogP contribution in [0.4, 0.5) is 0 Å². The Bertz CT molecular complexity index is 1480. The molecule has 0 aromatic rings. The van der Waals surface area contributed by atoms with Crippen LogP contribution in [0.3, 0.4) is 0 Å². The highest BCUT2D eigenvalue weighted by molar-refractivity contribution is 5.84. The Balaban J connectivity index is 1.38. The zero-order valence-corrected chi connectivity index (χ0v) is 37.0. The van der Waals surface area contributed by atoms with Crippen molar-refractivity contribution in [1.29, 1.82) is 0 Å². The molecule has 332 valence electrons. The van der Waals surface area contributed by atoms with Gasteiger partial charge in [0.25, 0.3) is 0 Å². The van der Waals surface area contributed by atoms with Crippen LogP contribution in [-0.4, -0.2) is 112 Å². The van der Waals surface area contributed by atoms with E-state index in [1.807, 2.05) is 53.7 Å². The molecule has 0 radical (unpaired) electrons. The minimum atomic E-state index is -1.33. The number of aliphatic carboxylic acids is 1. The van der Waals surface area contributed by atoms with E-state index >= 15 is 0 Å². The number of hydrogen-bond acceptors (Lipinski definition) is 11. The number of ketones is 1. The monoisotopic (exact) mass is 822 g/mol. The first kappa shape index (κ1) is 47.1. The molecule has 5 rings (SSSR count). The van der Waals surface area contributed by atoms with Crippen LogP contribution in [0.1, 0.15) is 133 Å². The van der Waals surface area contributed by atoms with Gasteiger partial charge in [0.1, 0.15) is 18.4 Å². The van der Waals surface area contributed by atoms with Crippen LogP contribution in [0, 0.1) is 41.4 Å². The zero-order chi connectivity index (χ0) is 43.0. The summed E-state index contributed by atoms with van der Waals surface area (Å²) >= 11 is 0. The van der Waals surface area contributed by atoms with E-state index < -0.39 is 82.9 Å². The lowest BCUT2D eigenvalue weighted by Crippen LogP contribution is -2.66. The van der Waals surface area contributed by atoms with Gasteiger partial charge in [0.2, 0.25) is 5.91 Å². The predicted molar refractivity (Wildman–Crippen MR) is 216 cm³/mol. The number of carbonyl (C=O) groups excluding carboxylic acids is 2. The number of nitrogens with one attached hydrogen (secondary N) is 1. The lowest BCUT2D eigenvalue weighted by molar-refractivity contribution is -0.398. The molecule has 13 heteroatoms. The SMILES string of the molecule is CCC(C(=O)[C@@H](C)[C@@H](O)[C@H](C)[C@@H]1O[C@@H](C(CC)C(=O)O)CC[C@@H]1C)[C@H]1O[C@]2(C=CC(NC(=O)COC)[C@]3(CC[C@@](C)([C@H]4CC[C@](O)(CC)[C@H](C)O4)O3)O2)[C@H](C)C[C@@H]1C. The van der Waals surface area contributed by atoms with Crippen molar-refractivity contribution in [1.82, 2.24) is 5.32 Å². The Morgan fingerprint density at radius 1 is 0.914 bits per heavy atom. The van der Waals surface area contributed by atoms with Gasteiger partial charge >= 0.3 is 5.97 Å². The lowest BCUT2D eigenvalue weighted by atomic mass is 9.72. The molecule has 4 N–H and O–H groups in total. The van der Waals surface area contributed by atoms with E-state index in [2.05, 4.69) is 26.1 Å². The van der Waals surface area contributed by atoms with Gasteiger partial charge in [-0.3, -0.25) is 14.4 Å². The third-order valence-electron chi connectivity index (χ3n) is 15.1. The minimum absolute atomic E-state index is 0.0166. The van der Waals surface area contributed by atoms with E-state index in [4.69, 9.17) is 28.4 Å². The Kier molecular flexibility index (Phi) is 15.1. The van der Waals surface area contributed by atoms with E-state index in [-0.39, 0.29) is 48.3 Å². The molecule has 4 saturated heterocycles. The van der Waals surface area contributed by atoms with Crippen molar-refractivity contribution in [3.05, 3.63) is 12.2 Å². The molecule has 0 saturated carbocycles. The Hall–Kier alpha value is -1.97. The second-order valence-corrected chi connectivity index (χ2v) is 18.9. The summed E-state index contributed by atoms with van der Waals surface area (Å²) in [4.78, 5) is 39.6. The quantitative estimate of drug-likeness (QED) is 0.143. The standard InChI is InChI=1S/C45H75NO12/c1-12-31(41(50)51)33-16-15-25(4)39(55-33)29(8)37(48)28(7)38(49)32(13-2)40-26(5)23-27(6)44(56-40)20-17-34(46-36(47)24-53-11)45(58-44)22-21-42(10,57-45)35-18-19-43(52,14-3)30(9)54-35/h17,20,25-35,37,39-40,48,52H,12-16,18-19,21-24H2,1-11H3,(H,46,47)(H,50,51)/t25-,26-,27+,28-,29-,30-,31?,32?,33+,34?,35+,37+,39+,40-,42-,43+,44-,45-/m0/s1. The number of amides is 1. The van der Waals surface area contributed by atoms with Crippen LogP contribution >= 0.6 is 0 Å². The zero-order valence-electron chi connectivity index (χ0n) is 37.0. The summed E-state index contributed by atoms with van der Waals surface area (Å²) in [5, 5.41) is 35.9. The summed E-state index contributed by atoms with van der Waals surface area (Å²) in [7, 11) is 1.47. The fraction of sp³-hybridized carbons (Fsp3) is 0.889. The Morgan fingerprint density at radius 3 is 2.21 bits per heavy atom. The van der Waals surface area contributed by atoms with Crippen LogP contribution in [0.25, 0.3) is 0 Å². The minimum Gasteiger partial charge on any atom is -0.481 e. The van der Waals surface area contributed by atoms with Crippen molar-refractivity contribution in [3.63, 3.8) is 0 Å². The van der Waals surface area contributed by atoms with Gasteiger partial charge in [0.05, 0.1) is 53.7 Å². The van der Waals surface area contributed by atoms with Crippen LogP contribution in [0.2, 0.25) is 0 Å². The number of rotatable bonds is 15. The first-order chi connectivity index (χ1) is 27.2. The first-order valence-corrected chi connectivity index (χ1v) is 22.3. The molecule has 13 nitrogen and oxygen atoms in total. The van der Waals surface area contributed by atoms with E-state index in [0.29, 0.717) is 57.8 Å². The Labute approximate surface area is 346 Å². The molecule has 0 aromatic carbocycles. The van der Waals surface area contributed by atoms with Crippen LogP contribution in [0.15, 0.2) is 12.2 Å². The summed E-state index contributed by atoms with van der Waals surface area (Å²) in [6, 6.07) is -0.669. The van der Waals surface area contributed by atoms with Crippen LogP contribution in [-0.2, 0) is 42.8 Å². The maximum absolute atomic E-state index is 14.6. The van der Waals surface area contributed by atoms with Gasteiger partial charge in [0, 0.05) is 37.2 Å². The predicted octanol–water partition coefficient (Wildman–Crippen LogP) is 5.96. The van der Waals surface area contributed by atoms with Gasteiger partial charge in [-0.1, -0.05) is 61.5 Å². The van der Waals surface area contributed by atoms with E-state index in [1.165, 1.54) is 7.11 Å². The topological polar surface area (TPSA) is 179 Å². The Morgan fingerprint density at radius 2 is 1.60 bits per heavy atom. The number of ether oxygens (including phenoxy) is 6. The highest BCUT2D eigenvalue weighted by Crippen LogP contribution is 2.54. The van der Waals surface area contributed by atoms with Crippen LogP contribution in [0.5, 0.6) is 0 Å². The van der Waals surface area contributed by atoms with Crippen molar-refractivity contribution < 1.29 is 58.1 Å². The smallest absolute Gasteiger partial charge is 0.309 e. The first-order valence-electron chi connectivity index (χ1n) is 22.3.